The summed E-state index contributed by atoms with van der Waals surface area (Å²) in [7, 11) is 1.55. The predicted octanol–water partition coefficient (Wildman–Crippen LogP) is 0.386. The molecule has 5 nitrogen and oxygen atoms in total. The molecule has 0 spiro atoms. The van der Waals surface area contributed by atoms with E-state index in [1.54, 1.807) is 7.05 Å². The van der Waals surface area contributed by atoms with Crippen molar-refractivity contribution < 1.29 is 14.4 Å². The fraction of sp³-hybridized carbons (Fsp3) is 0.727. The van der Waals surface area contributed by atoms with Crippen LogP contribution in [0.15, 0.2) is 0 Å². The van der Waals surface area contributed by atoms with Gasteiger partial charge in [0, 0.05) is 20.4 Å². The van der Waals surface area contributed by atoms with E-state index in [1.165, 1.54) is 6.92 Å². The highest BCUT2D eigenvalue weighted by Gasteiger charge is 2.16. The van der Waals surface area contributed by atoms with E-state index >= 15 is 0 Å². The number of hydrogen-bond acceptors (Lipinski definition) is 3. The average Bonchev–Trinajstić information content (AvgIpc) is 2.25. The molecule has 0 radical (unpaired) electrons. The molecule has 1 atom stereocenters. The lowest BCUT2D eigenvalue weighted by Gasteiger charge is -2.15. The molecule has 2 amide bonds. The first-order valence-electron chi connectivity index (χ1n) is 5.54. The summed E-state index contributed by atoms with van der Waals surface area (Å²) in [5.41, 5.74) is 0. The number of nitrogens with one attached hydrogen (secondary N) is 2. The van der Waals surface area contributed by atoms with Gasteiger partial charge in [-0.25, -0.2) is 0 Å². The highest BCUT2D eigenvalue weighted by atomic mass is 16.2. The number of rotatable bonds is 8. The summed E-state index contributed by atoms with van der Waals surface area (Å²) in [6, 6.07) is -0.460. The van der Waals surface area contributed by atoms with Gasteiger partial charge in [0.05, 0.1) is 0 Å². The van der Waals surface area contributed by atoms with Gasteiger partial charge in [-0.05, 0) is 12.8 Å². The van der Waals surface area contributed by atoms with Gasteiger partial charge < -0.3 is 15.4 Å². The van der Waals surface area contributed by atoms with E-state index in [9.17, 15) is 14.4 Å². The Labute approximate surface area is 96.0 Å². The van der Waals surface area contributed by atoms with E-state index < -0.39 is 6.04 Å². The second kappa shape index (κ2) is 8.88. The summed E-state index contributed by atoms with van der Waals surface area (Å²) >= 11 is 0. The average molecular weight is 228 g/mol. The van der Waals surface area contributed by atoms with Crippen LogP contribution in [-0.4, -0.2) is 31.2 Å². The largest absolute Gasteiger partial charge is 0.357 e. The van der Waals surface area contributed by atoms with Crippen LogP contribution in [0, 0.1) is 0 Å². The predicted molar refractivity (Wildman–Crippen MR) is 60.8 cm³/mol. The lowest BCUT2D eigenvalue weighted by atomic mass is 10.1. The molecular weight excluding hydrogens is 208 g/mol. The summed E-state index contributed by atoms with van der Waals surface area (Å²) in [6.45, 7) is 1.39. The summed E-state index contributed by atoms with van der Waals surface area (Å²) in [5, 5.41) is 5.11. The molecule has 0 aromatic rings. The summed E-state index contributed by atoms with van der Waals surface area (Å²) in [5.74, 6) is -0.382. The lowest BCUT2D eigenvalue weighted by molar-refractivity contribution is -0.127. The maximum absolute atomic E-state index is 11.4. The smallest absolute Gasteiger partial charge is 0.242 e. The SMILES string of the molecule is CNC(=O)[C@H](CCCCCC=O)NC(C)=O. The zero-order valence-corrected chi connectivity index (χ0v) is 9.91. The van der Waals surface area contributed by atoms with Crippen LogP contribution < -0.4 is 10.6 Å². The fourth-order valence-electron chi connectivity index (χ4n) is 1.44. The van der Waals surface area contributed by atoms with Gasteiger partial charge in [0.25, 0.3) is 0 Å². The molecule has 0 saturated carbocycles. The molecule has 0 rings (SSSR count). The zero-order valence-electron chi connectivity index (χ0n) is 9.91. The first-order valence-corrected chi connectivity index (χ1v) is 5.54. The number of likely N-dealkylation sites (N-methyl/N-ethyl adjacent to an activating group) is 1. The molecule has 0 bridgehead atoms. The van der Waals surface area contributed by atoms with Crippen molar-refractivity contribution >= 4 is 18.1 Å². The van der Waals surface area contributed by atoms with Gasteiger partial charge in [0.2, 0.25) is 11.8 Å². The van der Waals surface area contributed by atoms with Crippen LogP contribution in [0.5, 0.6) is 0 Å². The number of amides is 2. The minimum Gasteiger partial charge on any atom is -0.357 e. The molecule has 0 aromatic carbocycles. The minimum atomic E-state index is -0.460. The molecule has 92 valence electrons. The first-order chi connectivity index (χ1) is 7.61. The Morgan fingerprint density at radius 1 is 1.25 bits per heavy atom. The van der Waals surface area contributed by atoms with Gasteiger partial charge in [0.15, 0.2) is 0 Å². The summed E-state index contributed by atoms with van der Waals surface area (Å²) in [6.07, 6.45) is 4.62. The van der Waals surface area contributed by atoms with E-state index in [1.807, 2.05) is 0 Å². The molecular formula is C11H20N2O3. The van der Waals surface area contributed by atoms with Crippen LogP contribution >= 0.6 is 0 Å². The van der Waals surface area contributed by atoms with Crippen LogP contribution in [0.2, 0.25) is 0 Å². The molecule has 5 heteroatoms. The monoisotopic (exact) mass is 228 g/mol. The Balaban J connectivity index is 3.87. The summed E-state index contributed by atoms with van der Waals surface area (Å²) in [4.78, 5) is 32.3. The highest BCUT2D eigenvalue weighted by molar-refractivity contribution is 5.86. The van der Waals surface area contributed by atoms with E-state index in [0.717, 1.165) is 25.5 Å². The molecule has 16 heavy (non-hydrogen) atoms. The van der Waals surface area contributed by atoms with E-state index in [0.29, 0.717) is 12.8 Å². The van der Waals surface area contributed by atoms with Crippen LogP contribution in [0.3, 0.4) is 0 Å². The third-order valence-electron chi connectivity index (χ3n) is 2.26. The molecule has 0 aromatic heterocycles. The van der Waals surface area contributed by atoms with Crippen molar-refractivity contribution in [3.05, 3.63) is 0 Å². The lowest BCUT2D eigenvalue weighted by Crippen LogP contribution is -2.44. The van der Waals surface area contributed by atoms with Crippen LogP contribution in [0.25, 0.3) is 0 Å². The molecule has 0 saturated heterocycles. The van der Waals surface area contributed by atoms with Gasteiger partial charge in [-0.3, -0.25) is 9.59 Å². The van der Waals surface area contributed by atoms with Crippen molar-refractivity contribution in [2.45, 2.75) is 45.1 Å². The standard InChI is InChI=1S/C11H20N2O3/c1-9(15)13-10(11(16)12-2)7-5-3-4-6-8-14/h8,10H,3-7H2,1-2H3,(H,12,16)(H,13,15)/t10-/m0/s1. The van der Waals surface area contributed by atoms with Gasteiger partial charge in [-0.1, -0.05) is 12.8 Å². The zero-order chi connectivity index (χ0) is 12.4. The van der Waals surface area contributed by atoms with E-state index in [-0.39, 0.29) is 11.8 Å². The van der Waals surface area contributed by atoms with Crippen LogP contribution in [0.4, 0.5) is 0 Å². The number of hydrogen-bond donors (Lipinski definition) is 2. The fourth-order valence-corrected chi connectivity index (χ4v) is 1.44. The third kappa shape index (κ3) is 6.98. The molecule has 0 heterocycles. The molecule has 0 unspecified atom stereocenters. The molecule has 0 aliphatic heterocycles. The van der Waals surface area contributed by atoms with E-state index in [4.69, 9.17) is 0 Å². The Morgan fingerprint density at radius 2 is 1.94 bits per heavy atom. The topological polar surface area (TPSA) is 75.3 Å². The van der Waals surface area contributed by atoms with Gasteiger partial charge in [-0.15, -0.1) is 0 Å². The van der Waals surface area contributed by atoms with E-state index in [2.05, 4.69) is 10.6 Å². The van der Waals surface area contributed by atoms with Crippen molar-refractivity contribution in [2.75, 3.05) is 7.05 Å². The number of carbonyl (C=O) groups is 3. The van der Waals surface area contributed by atoms with Crippen molar-refractivity contribution in [1.82, 2.24) is 10.6 Å². The Morgan fingerprint density at radius 3 is 2.44 bits per heavy atom. The minimum absolute atomic E-state index is 0.175. The second-order valence-electron chi connectivity index (χ2n) is 3.67. The third-order valence-corrected chi connectivity index (χ3v) is 2.26. The molecule has 0 fully saturated rings. The maximum Gasteiger partial charge on any atom is 0.242 e. The molecule has 2 N–H and O–H groups in total. The molecule has 0 aliphatic rings. The van der Waals surface area contributed by atoms with Crippen LogP contribution in [0.1, 0.15) is 39.0 Å². The number of unbranched alkanes of at least 4 members (excludes halogenated alkanes) is 3. The number of aldehydes is 1. The first kappa shape index (κ1) is 14.6. The highest BCUT2D eigenvalue weighted by Crippen LogP contribution is 2.05. The normalized spacial score (nSPS) is 11.6. The van der Waals surface area contributed by atoms with Crippen molar-refractivity contribution in [1.29, 1.82) is 0 Å². The van der Waals surface area contributed by atoms with Crippen LogP contribution in [-0.2, 0) is 14.4 Å². The summed E-state index contributed by atoms with van der Waals surface area (Å²) < 4.78 is 0. The van der Waals surface area contributed by atoms with Gasteiger partial charge >= 0.3 is 0 Å². The van der Waals surface area contributed by atoms with Gasteiger partial charge in [-0.2, -0.15) is 0 Å². The van der Waals surface area contributed by atoms with Crippen molar-refractivity contribution in [3.8, 4) is 0 Å². The Hall–Kier alpha value is -1.39. The number of carbonyl (C=O) groups excluding carboxylic acids is 3. The quantitative estimate of drug-likeness (QED) is 0.466. The Kier molecular flexibility index (Phi) is 8.11. The second-order valence-corrected chi connectivity index (χ2v) is 3.67. The van der Waals surface area contributed by atoms with Crippen molar-refractivity contribution in [3.63, 3.8) is 0 Å². The Bertz CT molecular complexity index is 241. The van der Waals surface area contributed by atoms with Gasteiger partial charge in [0.1, 0.15) is 12.3 Å². The maximum atomic E-state index is 11.4. The molecule has 0 aliphatic carbocycles. The van der Waals surface area contributed by atoms with Crippen molar-refractivity contribution in [2.24, 2.45) is 0 Å².